The molecular weight excluding hydrogens is 1170 g/mol. The summed E-state index contributed by atoms with van der Waals surface area (Å²) in [7, 11) is 8.50. The van der Waals surface area contributed by atoms with Crippen LogP contribution < -0.4 is 21.3 Å². The third-order valence-corrected chi connectivity index (χ3v) is 18.2. The van der Waals surface area contributed by atoms with Gasteiger partial charge in [0.05, 0.1) is 30.2 Å². The van der Waals surface area contributed by atoms with Crippen LogP contribution in [0.1, 0.15) is 149 Å². The molecule has 2 aliphatic heterocycles. The van der Waals surface area contributed by atoms with E-state index < -0.39 is 161 Å². The third-order valence-electron chi connectivity index (χ3n) is 17.9. The molecule has 26 heteroatoms. The van der Waals surface area contributed by atoms with Crippen molar-refractivity contribution < 1.29 is 65.9 Å². The molecule has 4 N–H and O–H groups in total. The van der Waals surface area contributed by atoms with Crippen LogP contribution in [0, 0.1) is 23.7 Å². The average Bonchev–Trinajstić information content (AvgIpc) is 3.21. The molecule has 8 atom stereocenters. The molecule has 22 nitrogen and oxygen atoms in total. The summed E-state index contributed by atoms with van der Waals surface area (Å²) < 4.78 is 41.1. The van der Waals surface area contributed by atoms with Gasteiger partial charge in [-0.05, 0) is 99.7 Å². The molecule has 88 heavy (non-hydrogen) atoms. The number of alkyl halides is 3. The smallest absolute Gasteiger partial charge is 0.351 e. The number of carbonyl (C=O) groups excluding carboxylic acids is 11. The first-order valence-electron chi connectivity index (χ1n) is 31.0. The van der Waals surface area contributed by atoms with Crippen LogP contribution in [-0.2, 0) is 65.3 Å². The maximum absolute atomic E-state index is 14.9. The molecule has 0 bridgehead atoms. The van der Waals surface area contributed by atoms with E-state index >= 15 is 0 Å². The maximum Gasteiger partial charge on any atom is 0.417 e. The quantitative estimate of drug-likeness (QED) is 0.256. The maximum atomic E-state index is 14.9. The highest BCUT2D eigenvalue weighted by molar-refractivity contribution is 6.31. The fourth-order valence-corrected chi connectivity index (χ4v) is 12.5. The van der Waals surface area contributed by atoms with Gasteiger partial charge in [0, 0.05) is 61.3 Å². The predicted octanol–water partition coefficient (Wildman–Crippen LogP) is 4.38. The Bertz CT molecular complexity index is 2720. The van der Waals surface area contributed by atoms with E-state index in [0.717, 1.165) is 58.9 Å². The lowest BCUT2D eigenvalue weighted by Gasteiger charge is -2.36. The Morgan fingerprint density at radius 3 is 1.86 bits per heavy atom. The van der Waals surface area contributed by atoms with Crippen molar-refractivity contribution in [2.45, 2.75) is 199 Å². The van der Waals surface area contributed by atoms with Gasteiger partial charge in [-0.3, -0.25) is 52.7 Å². The van der Waals surface area contributed by atoms with Crippen molar-refractivity contribution in [3.05, 3.63) is 34.3 Å². The van der Waals surface area contributed by atoms with Gasteiger partial charge in [-0.1, -0.05) is 97.7 Å². The number of hydrogen-bond donors (Lipinski definition) is 4. The molecular formula is C62H95ClF3N11O11. The monoisotopic (exact) mass is 1260 g/mol. The van der Waals surface area contributed by atoms with Crippen LogP contribution in [0.2, 0.25) is 5.02 Å². The summed E-state index contributed by atoms with van der Waals surface area (Å²) in [6.07, 6.45) is 0.967. The number of rotatable bonds is 10. The Labute approximate surface area is 521 Å². The van der Waals surface area contributed by atoms with Crippen molar-refractivity contribution in [2.24, 2.45) is 23.7 Å². The zero-order valence-corrected chi connectivity index (χ0v) is 54.4. The molecule has 11 amide bonds. The third kappa shape index (κ3) is 18.8. The minimum atomic E-state index is -4.74. The van der Waals surface area contributed by atoms with Crippen LogP contribution in [0.15, 0.2) is 18.2 Å². The Hall–Kier alpha value is -6.53. The second-order valence-electron chi connectivity index (χ2n) is 25.9. The molecule has 0 radical (unpaired) electrons. The molecule has 1 aromatic rings. The average molecular weight is 1260 g/mol. The Kier molecular flexibility index (Phi) is 25.7. The summed E-state index contributed by atoms with van der Waals surface area (Å²) in [4.78, 5) is 166. The molecule has 2 saturated heterocycles. The standard InChI is InChI=1S/C62H95ClF3N11O11/c1-14-38(6)52-59(87)73(10)34-50(80)71(8)35-51(81)75(12)47(32-40-19-16-15-17-20-40)58(86)72(9)33-48(78)68-44(25-23-41-22-24-42(43(63)31-41)62(64,65)66)57(85)77-28-18-21-45(77)55(83)70-61(26-27-61)60(88)76(13)53(37(4)5)56(84)67-39(7)30-49(79)74(11)46(29-36(2)3)54(82)69-52/h22,24,31,36-40,44-47,52-53H,14-21,23,25-30,32-35H2,1-13H3,(H,67,84)(H,68,78)(H,69,82)(H,70,83)/t38?,39-,44+,45+,46+,47+,52+,53+/m1/s1. The van der Waals surface area contributed by atoms with E-state index in [9.17, 15) is 65.9 Å². The molecule has 1 unspecified atom stereocenters. The second-order valence-corrected chi connectivity index (χ2v) is 26.3. The summed E-state index contributed by atoms with van der Waals surface area (Å²) in [5, 5.41) is 10.8. The van der Waals surface area contributed by atoms with Crippen LogP contribution in [-0.4, -0.2) is 216 Å². The van der Waals surface area contributed by atoms with Gasteiger partial charge in [-0.25, -0.2) is 0 Å². The summed E-state index contributed by atoms with van der Waals surface area (Å²) in [6, 6.07) is -4.57. The largest absolute Gasteiger partial charge is 0.417 e. The number of fused-ring (bicyclic) bond motifs is 1. The molecule has 4 fully saturated rings. The van der Waals surface area contributed by atoms with Crippen molar-refractivity contribution in [1.29, 1.82) is 0 Å². The highest BCUT2D eigenvalue weighted by Crippen LogP contribution is 2.39. The second kappa shape index (κ2) is 31.3. The summed E-state index contributed by atoms with van der Waals surface area (Å²) in [6.45, 7) is 10.9. The lowest BCUT2D eigenvalue weighted by molar-refractivity contribution is -0.149. The van der Waals surface area contributed by atoms with Crippen molar-refractivity contribution in [3.8, 4) is 0 Å². The lowest BCUT2D eigenvalue weighted by Crippen LogP contribution is -2.60. The normalized spacial score (nSPS) is 26.4. The van der Waals surface area contributed by atoms with E-state index in [0.29, 0.717) is 18.4 Å². The van der Waals surface area contributed by atoms with Crippen LogP contribution in [0.3, 0.4) is 0 Å². The topological polar surface area (TPSA) is 259 Å². The molecule has 2 aliphatic carbocycles. The van der Waals surface area contributed by atoms with Crippen molar-refractivity contribution in [3.63, 3.8) is 0 Å². The summed E-state index contributed by atoms with van der Waals surface area (Å²) in [5.41, 5.74) is -2.20. The zero-order valence-electron chi connectivity index (χ0n) is 53.7. The van der Waals surface area contributed by atoms with E-state index in [4.69, 9.17) is 11.6 Å². The van der Waals surface area contributed by atoms with Crippen molar-refractivity contribution in [2.75, 3.05) is 68.5 Å². The first-order valence-corrected chi connectivity index (χ1v) is 31.4. The molecule has 1 spiro atoms. The first-order chi connectivity index (χ1) is 41.1. The Morgan fingerprint density at radius 1 is 0.670 bits per heavy atom. The number of halogens is 4. The molecule has 2 saturated carbocycles. The number of nitrogens with one attached hydrogen (secondary N) is 4. The number of amides is 11. The minimum Gasteiger partial charge on any atom is -0.351 e. The highest BCUT2D eigenvalue weighted by Gasteiger charge is 2.55. The fraction of sp³-hybridized carbons (Fsp3) is 0.726. The van der Waals surface area contributed by atoms with Crippen molar-refractivity contribution in [1.82, 2.24) is 55.6 Å². The van der Waals surface area contributed by atoms with Crippen LogP contribution in [0.4, 0.5) is 13.2 Å². The molecule has 492 valence electrons. The van der Waals surface area contributed by atoms with Gasteiger partial charge in [0.25, 0.3) is 0 Å². The molecule has 4 aliphatic rings. The van der Waals surface area contributed by atoms with E-state index in [2.05, 4.69) is 21.3 Å². The van der Waals surface area contributed by atoms with Gasteiger partial charge >= 0.3 is 6.18 Å². The van der Waals surface area contributed by atoms with Crippen LogP contribution >= 0.6 is 11.6 Å². The van der Waals surface area contributed by atoms with E-state index in [1.807, 2.05) is 20.8 Å². The number of hydrogen-bond acceptors (Lipinski definition) is 11. The predicted molar refractivity (Wildman–Crippen MR) is 323 cm³/mol. The van der Waals surface area contributed by atoms with Gasteiger partial charge in [-0.2, -0.15) is 13.2 Å². The van der Waals surface area contributed by atoms with Crippen LogP contribution in [0.5, 0.6) is 0 Å². The SMILES string of the molecule is CCC(C)[C@@H]1NC(=O)[C@H](CC(C)C)N(C)C(=O)C[C@@H](C)NC(=O)[C@H](C(C)C)N(C)C(=O)C2(CC2)NC(=O)[C@@H]2CCCN2C(=O)[C@H](CCc2ccc(C(F)(F)F)c(Cl)c2)NC(=O)CN(C)C(=O)[C@H](CC2CCCCC2)N(C)C(=O)CN(C)C(=O)CN(C)C1=O. The lowest BCUT2D eigenvalue weighted by atomic mass is 9.84. The molecule has 0 aromatic heterocycles. The van der Waals surface area contributed by atoms with E-state index in [1.165, 1.54) is 68.0 Å². The molecule has 5 rings (SSSR count). The zero-order chi connectivity index (χ0) is 65.9. The molecule has 1 aromatic carbocycles. The Morgan fingerprint density at radius 2 is 1.28 bits per heavy atom. The number of likely N-dealkylation sites (N-methyl/N-ethyl adjacent to an activating group) is 6. The highest BCUT2D eigenvalue weighted by atomic mass is 35.5. The van der Waals surface area contributed by atoms with Crippen LogP contribution in [0.25, 0.3) is 0 Å². The number of carbonyl (C=O) groups is 11. The van der Waals surface area contributed by atoms with E-state index in [-0.39, 0.29) is 69.7 Å². The van der Waals surface area contributed by atoms with Gasteiger partial charge in [0.2, 0.25) is 65.0 Å². The first kappa shape index (κ1) is 72.2. The number of benzene rings is 1. The van der Waals surface area contributed by atoms with Gasteiger partial charge in [0.15, 0.2) is 0 Å². The Balaban J connectivity index is 1.51. The van der Waals surface area contributed by atoms with Crippen molar-refractivity contribution >= 4 is 76.6 Å². The summed E-state index contributed by atoms with van der Waals surface area (Å²) >= 11 is 6.09. The molecule has 2 heterocycles. The van der Waals surface area contributed by atoms with Gasteiger partial charge < -0.3 is 55.6 Å². The summed E-state index contributed by atoms with van der Waals surface area (Å²) in [5.74, 6) is -7.85. The van der Waals surface area contributed by atoms with Gasteiger partial charge in [-0.15, -0.1) is 0 Å². The van der Waals surface area contributed by atoms with E-state index in [1.54, 1.807) is 27.7 Å². The van der Waals surface area contributed by atoms with Gasteiger partial charge in [0.1, 0.15) is 41.8 Å². The number of aryl methyl sites for hydroxylation is 1. The fourth-order valence-electron chi connectivity index (χ4n) is 12.2. The minimum absolute atomic E-state index is 0.0350. The number of nitrogens with zero attached hydrogens (tertiary/aromatic N) is 7.